The van der Waals surface area contributed by atoms with Gasteiger partial charge in [-0.2, -0.15) is 13.2 Å². The molecule has 0 aliphatic rings. The summed E-state index contributed by atoms with van der Waals surface area (Å²) in [7, 11) is 1.45. The standard InChI is InChI=1S/C20H23F3N4O3/c1-19(2,3)30-18(29)27(4)11-17(28)24-10-15-9-16(26-12-25-15)13-5-7-14(8-6-13)20(21,22)23/h5-9,12H,10-11H2,1-4H3,(H,24,28). The first kappa shape index (κ1) is 23.1. The molecule has 162 valence electrons. The summed E-state index contributed by atoms with van der Waals surface area (Å²) in [4.78, 5) is 33.2. The Bertz CT molecular complexity index is 893. The van der Waals surface area contributed by atoms with Gasteiger partial charge in [-0.15, -0.1) is 0 Å². The third-order valence-corrected chi connectivity index (χ3v) is 3.78. The van der Waals surface area contributed by atoms with Crippen LogP contribution < -0.4 is 5.32 Å². The van der Waals surface area contributed by atoms with E-state index in [-0.39, 0.29) is 13.1 Å². The zero-order valence-electron chi connectivity index (χ0n) is 17.1. The molecule has 0 spiro atoms. The van der Waals surface area contributed by atoms with Gasteiger partial charge in [-0.05, 0) is 39.0 Å². The minimum Gasteiger partial charge on any atom is -0.444 e. The Hall–Kier alpha value is -3.17. The van der Waals surface area contributed by atoms with Crippen LogP contribution in [0.15, 0.2) is 36.7 Å². The van der Waals surface area contributed by atoms with Crippen molar-refractivity contribution in [3.05, 3.63) is 47.9 Å². The van der Waals surface area contributed by atoms with Crippen molar-refractivity contribution in [3.8, 4) is 11.3 Å². The number of likely N-dealkylation sites (N-methyl/N-ethyl adjacent to an activating group) is 1. The van der Waals surface area contributed by atoms with Gasteiger partial charge in [0.05, 0.1) is 23.5 Å². The van der Waals surface area contributed by atoms with Crippen LogP contribution in [0.5, 0.6) is 0 Å². The molecular formula is C20H23F3N4O3. The van der Waals surface area contributed by atoms with Gasteiger partial charge in [0.2, 0.25) is 5.91 Å². The number of amides is 2. The molecular weight excluding hydrogens is 401 g/mol. The molecule has 30 heavy (non-hydrogen) atoms. The minimum atomic E-state index is -4.41. The Morgan fingerprint density at radius 1 is 1.10 bits per heavy atom. The first-order chi connectivity index (χ1) is 13.8. The summed E-state index contributed by atoms with van der Waals surface area (Å²) in [5.74, 6) is -0.418. The third kappa shape index (κ3) is 7.02. The number of aromatic nitrogens is 2. The fraction of sp³-hybridized carbons (Fsp3) is 0.400. The fourth-order valence-corrected chi connectivity index (χ4v) is 2.35. The third-order valence-electron chi connectivity index (χ3n) is 3.78. The number of rotatable bonds is 5. The maximum absolute atomic E-state index is 12.7. The Morgan fingerprint density at radius 3 is 2.30 bits per heavy atom. The number of hydrogen-bond donors (Lipinski definition) is 1. The van der Waals surface area contributed by atoms with Crippen molar-refractivity contribution < 1.29 is 27.5 Å². The van der Waals surface area contributed by atoms with Crippen molar-refractivity contribution in [1.82, 2.24) is 20.2 Å². The van der Waals surface area contributed by atoms with E-state index in [1.807, 2.05) is 0 Å². The molecule has 0 aliphatic carbocycles. The van der Waals surface area contributed by atoms with Crippen molar-refractivity contribution in [2.45, 2.75) is 39.1 Å². The molecule has 0 radical (unpaired) electrons. The Labute approximate surface area is 172 Å². The number of nitrogens with one attached hydrogen (secondary N) is 1. The molecule has 0 saturated carbocycles. The van der Waals surface area contributed by atoms with Crippen molar-refractivity contribution in [2.24, 2.45) is 0 Å². The van der Waals surface area contributed by atoms with Crippen LogP contribution >= 0.6 is 0 Å². The van der Waals surface area contributed by atoms with Crippen molar-refractivity contribution in [2.75, 3.05) is 13.6 Å². The molecule has 1 N–H and O–H groups in total. The molecule has 0 bridgehead atoms. The lowest BCUT2D eigenvalue weighted by Gasteiger charge is -2.24. The van der Waals surface area contributed by atoms with Gasteiger partial charge in [0, 0.05) is 12.6 Å². The molecule has 1 aromatic carbocycles. The number of ether oxygens (including phenoxy) is 1. The molecule has 2 amide bonds. The van der Waals surface area contributed by atoms with E-state index < -0.39 is 29.3 Å². The SMILES string of the molecule is CN(CC(=O)NCc1cc(-c2ccc(C(F)(F)F)cc2)ncn1)C(=O)OC(C)(C)C. The van der Waals surface area contributed by atoms with Gasteiger partial charge >= 0.3 is 12.3 Å². The first-order valence-electron chi connectivity index (χ1n) is 9.04. The highest BCUT2D eigenvalue weighted by Crippen LogP contribution is 2.30. The molecule has 7 nitrogen and oxygen atoms in total. The topological polar surface area (TPSA) is 84.4 Å². The number of alkyl halides is 3. The van der Waals surface area contributed by atoms with Crippen LogP contribution in [0, 0.1) is 0 Å². The van der Waals surface area contributed by atoms with Gasteiger partial charge in [0.1, 0.15) is 18.5 Å². The molecule has 1 heterocycles. The molecule has 10 heteroatoms. The molecule has 2 aromatic rings. The maximum Gasteiger partial charge on any atom is 0.416 e. The highest BCUT2D eigenvalue weighted by atomic mass is 19.4. The largest absolute Gasteiger partial charge is 0.444 e. The van der Waals surface area contributed by atoms with Crippen molar-refractivity contribution >= 4 is 12.0 Å². The van der Waals surface area contributed by atoms with Gasteiger partial charge in [-0.1, -0.05) is 12.1 Å². The normalized spacial score (nSPS) is 11.7. The minimum absolute atomic E-state index is 0.0666. The predicted molar refractivity (Wildman–Crippen MR) is 103 cm³/mol. The lowest BCUT2D eigenvalue weighted by molar-refractivity contribution is -0.137. The second kappa shape index (κ2) is 9.10. The van der Waals surface area contributed by atoms with E-state index in [0.717, 1.165) is 17.0 Å². The monoisotopic (exact) mass is 424 g/mol. The van der Waals surface area contributed by atoms with E-state index in [1.165, 1.54) is 25.5 Å². The summed E-state index contributed by atoms with van der Waals surface area (Å²) in [5.41, 5.74) is -0.0381. The summed E-state index contributed by atoms with van der Waals surface area (Å²) in [5, 5.41) is 2.63. The van der Waals surface area contributed by atoms with Crippen LogP contribution in [-0.2, 0) is 22.3 Å². The predicted octanol–water partition coefficient (Wildman–Crippen LogP) is 3.65. The smallest absolute Gasteiger partial charge is 0.416 e. The van der Waals surface area contributed by atoms with Gasteiger partial charge in [0.25, 0.3) is 0 Å². The molecule has 0 unspecified atom stereocenters. The Morgan fingerprint density at radius 2 is 1.73 bits per heavy atom. The van der Waals surface area contributed by atoms with E-state index in [9.17, 15) is 22.8 Å². The van der Waals surface area contributed by atoms with Gasteiger partial charge < -0.3 is 15.0 Å². The number of benzene rings is 1. The van der Waals surface area contributed by atoms with Crippen LogP contribution in [0.4, 0.5) is 18.0 Å². The van der Waals surface area contributed by atoms with Gasteiger partial charge in [-0.3, -0.25) is 4.79 Å². The summed E-state index contributed by atoms with van der Waals surface area (Å²) in [6, 6.07) is 6.17. The fourth-order valence-electron chi connectivity index (χ4n) is 2.35. The van der Waals surface area contributed by atoms with Crippen LogP contribution in [0.25, 0.3) is 11.3 Å². The molecule has 0 fully saturated rings. The molecule has 1 aromatic heterocycles. The van der Waals surface area contributed by atoms with Crippen LogP contribution in [0.1, 0.15) is 32.0 Å². The van der Waals surface area contributed by atoms with E-state index in [1.54, 1.807) is 26.8 Å². The second-order valence-corrected chi connectivity index (χ2v) is 7.58. The zero-order chi connectivity index (χ0) is 22.5. The summed E-state index contributed by atoms with van der Waals surface area (Å²) in [6.45, 7) is 5.04. The summed E-state index contributed by atoms with van der Waals surface area (Å²) < 4.78 is 43.2. The van der Waals surface area contributed by atoms with Crippen LogP contribution in [0.2, 0.25) is 0 Å². The average molecular weight is 424 g/mol. The number of halogens is 3. The van der Waals surface area contributed by atoms with Crippen LogP contribution in [0.3, 0.4) is 0 Å². The van der Waals surface area contributed by atoms with E-state index in [2.05, 4.69) is 15.3 Å². The molecule has 0 saturated heterocycles. The lowest BCUT2D eigenvalue weighted by Crippen LogP contribution is -2.40. The van der Waals surface area contributed by atoms with Gasteiger partial charge in [-0.25, -0.2) is 14.8 Å². The zero-order valence-corrected chi connectivity index (χ0v) is 17.1. The maximum atomic E-state index is 12.7. The first-order valence-corrected chi connectivity index (χ1v) is 9.04. The highest BCUT2D eigenvalue weighted by molar-refractivity contribution is 5.82. The number of nitrogens with zero attached hydrogens (tertiary/aromatic N) is 3. The summed E-state index contributed by atoms with van der Waals surface area (Å²) >= 11 is 0. The summed E-state index contributed by atoms with van der Waals surface area (Å²) in [6.07, 6.45) is -3.77. The van der Waals surface area contributed by atoms with Gasteiger partial charge in [0.15, 0.2) is 0 Å². The van der Waals surface area contributed by atoms with E-state index in [4.69, 9.17) is 4.74 Å². The average Bonchev–Trinajstić information content (AvgIpc) is 2.64. The van der Waals surface area contributed by atoms with Crippen LogP contribution in [-0.4, -0.2) is 46.1 Å². The van der Waals surface area contributed by atoms with E-state index >= 15 is 0 Å². The molecule has 2 rings (SSSR count). The second-order valence-electron chi connectivity index (χ2n) is 7.58. The van der Waals surface area contributed by atoms with E-state index in [0.29, 0.717) is 17.0 Å². The molecule has 0 aliphatic heterocycles. The Kier molecular flexibility index (Phi) is 7.01. The lowest BCUT2D eigenvalue weighted by atomic mass is 10.1. The van der Waals surface area contributed by atoms with Crippen molar-refractivity contribution in [1.29, 1.82) is 0 Å². The molecule has 0 atom stereocenters. The van der Waals surface area contributed by atoms with Crippen molar-refractivity contribution in [3.63, 3.8) is 0 Å². The number of carbonyl (C=O) groups excluding carboxylic acids is 2. The Balaban J connectivity index is 1.95. The number of hydrogen-bond acceptors (Lipinski definition) is 5. The highest BCUT2D eigenvalue weighted by Gasteiger charge is 2.30. The number of carbonyl (C=O) groups is 2. The quantitative estimate of drug-likeness (QED) is 0.792.